The molecular weight excluding hydrogens is 334 g/mol. The Bertz CT molecular complexity index is 830. The molecular formula is C19H27N3O2S. The number of nitrogens with zero attached hydrogens (tertiary/aromatic N) is 2. The molecule has 1 aromatic heterocycles. The van der Waals surface area contributed by atoms with Gasteiger partial charge in [-0.15, -0.1) is 0 Å². The van der Waals surface area contributed by atoms with Crippen LogP contribution in [0.25, 0.3) is 0 Å². The maximum absolute atomic E-state index is 12.6. The number of hydrogen-bond donors (Lipinski definition) is 1. The van der Waals surface area contributed by atoms with Crippen LogP contribution in [0.3, 0.4) is 0 Å². The Morgan fingerprint density at radius 3 is 2.08 bits per heavy atom. The van der Waals surface area contributed by atoms with E-state index in [9.17, 15) is 8.42 Å². The summed E-state index contributed by atoms with van der Waals surface area (Å²) in [6.07, 6.45) is 3.16. The lowest BCUT2D eigenvalue weighted by atomic mass is 9.87. The summed E-state index contributed by atoms with van der Waals surface area (Å²) < 4.78 is 27.8. The molecule has 0 saturated carbocycles. The molecule has 136 valence electrons. The van der Waals surface area contributed by atoms with Crippen molar-refractivity contribution in [2.24, 2.45) is 0 Å². The van der Waals surface area contributed by atoms with Gasteiger partial charge in [0, 0.05) is 23.7 Å². The highest BCUT2D eigenvalue weighted by Gasteiger charge is 2.22. The van der Waals surface area contributed by atoms with Gasteiger partial charge in [0.15, 0.2) is 0 Å². The second-order valence-corrected chi connectivity index (χ2v) is 10.0. The predicted octanol–water partition coefficient (Wildman–Crippen LogP) is 3.55. The quantitative estimate of drug-likeness (QED) is 0.904. The van der Waals surface area contributed by atoms with Crippen LogP contribution in [0.2, 0.25) is 0 Å². The molecule has 2 aromatic rings. The van der Waals surface area contributed by atoms with E-state index in [1.54, 1.807) is 18.3 Å². The van der Waals surface area contributed by atoms with Crippen molar-refractivity contribution in [3.8, 4) is 0 Å². The lowest BCUT2D eigenvalue weighted by molar-refractivity contribution is 0.551. The van der Waals surface area contributed by atoms with Crippen molar-refractivity contribution in [3.05, 3.63) is 53.6 Å². The first-order chi connectivity index (χ1) is 11.4. The van der Waals surface area contributed by atoms with Crippen LogP contribution in [0.1, 0.15) is 58.4 Å². The molecule has 0 bridgehead atoms. The third-order valence-corrected chi connectivity index (χ3v) is 5.40. The average molecular weight is 362 g/mol. The molecule has 0 fully saturated rings. The highest BCUT2D eigenvalue weighted by atomic mass is 32.2. The van der Waals surface area contributed by atoms with Crippen LogP contribution >= 0.6 is 0 Å². The normalized spacial score (nSPS) is 13.0. The van der Waals surface area contributed by atoms with Crippen molar-refractivity contribution in [3.63, 3.8) is 0 Å². The van der Waals surface area contributed by atoms with Gasteiger partial charge in [0.1, 0.15) is 6.33 Å². The van der Waals surface area contributed by atoms with Crippen molar-refractivity contribution in [2.75, 3.05) is 0 Å². The lowest BCUT2D eigenvalue weighted by Crippen LogP contribution is -2.26. The number of hydrogen-bond acceptors (Lipinski definition) is 4. The number of benzene rings is 1. The second-order valence-electron chi connectivity index (χ2n) is 8.25. The van der Waals surface area contributed by atoms with E-state index in [0.29, 0.717) is 0 Å². The van der Waals surface area contributed by atoms with Crippen LogP contribution in [0.5, 0.6) is 0 Å². The van der Waals surface area contributed by atoms with Gasteiger partial charge < -0.3 is 0 Å². The Kier molecular flexibility index (Phi) is 5.35. The largest absolute Gasteiger partial charge is 0.244 e. The fraction of sp³-hybridized carbons (Fsp3) is 0.474. The molecule has 0 aliphatic carbocycles. The number of rotatable bonds is 4. The van der Waals surface area contributed by atoms with Crippen molar-refractivity contribution in [1.82, 2.24) is 14.7 Å². The number of nitrogens with one attached hydrogen (secondary N) is 1. The topological polar surface area (TPSA) is 72.0 Å². The standard InChI is InChI=1S/C19H27N3O2S/c1-18(2,3)15-7-9-16(10-8-15)25(23,24)22-12-14-11-20-13-21-17(14)19(4,5)6/h7-11,13,22H,12H2,1-6H3. The average Bonchev–Trinajstić information content (AvgIpc) is 2.52. The van der Waals surface area contributed by atoms with Gasteiger partial charge in [-0.25, -0.2) is 23.1 Å². The van der Waals surface area contributed by atoms with Crippen molar-refractivity contribution in [2.45, 2.75) is 63.8 Å². The van der Waals surface area contributed by atoms with Gasteiger partial charge in [-0.3, -0.25) is 0 Å². The van der Waals surface area contributed by atoms with E-state index in [1.807, 2.05) is 32.9 Å². The van der Waals surface area contributed by atoms with E-state index in [0.717, 1.165) is 16.8 Å². The third kappa shape index (κ3) is 4.86. The molecule has 1 aromatic carbocycles. The molecule has 0 aliphatic rings. The smallest absolute Gasteiger partial charge is 0.240 e. The van der Waals surface area contributed by atoms with E-state index >= 15 is 0 Å². The number of aromatic nitrogens is 2. The Morgan fingerprint density at radius 1 is 0.960 bits per heavy atom. The minimum absolute atomic E-state index is 0.0152. The summed E-state index contributed by atoms with van der Waals surface area (Å²) in [7, 11) is -3.59. The van der Waals surface area contributed by atoms with Gasteiger partial charge in [-0.05, 0) is 23.1 Å². The van der Waals surface area contributed by atoms with E-state index in [1.165, 1.54) is 6.33 Å². The molecule has 0 atom stereocenters. The summed E-state index contributed by atoms with van der Waals surface area (Å²) >= 11 is 0. The molecule has 0 spiro atoms. The summed E-state index contributed by atoms with van der Waals surface area (Å²) in [5.74, 6) is 0. The van der Waals surface area contributed by atoms with E-state index in [2.05, 4.69) is 35.5 Å². The van der Waals surface area contributed by atoms with Crippen molar-refractivity contribution < 1.29 is 8.42 Å². The maximum atomic E-state index is 12.6. The van der Waals surface area contributed by atoms with Crippen LogP contribution in [0, 0.1) is 0 Å². The van der Waals surface area contributed by atoms with E-state index in [-0.39, 0.29) is 22.3 Å². The van der Waals surface area contributed by atoms with Crippen molar-refractivity contribution >= 4 is 10.0 Å². The highest BCUT2D eigenvalue weighted by molar-refractivity contribution is 7.89. The SMILES string of the molecule is CC(C)(C)c1ccc(S(=O)(=O)NCc2cncnc2C(C)(C)C)cc1. The molecule has 0 unspecified atom stereocenters. The first-order valence-electron chi connectivity index (χ1n) is 8.31. The van der Waals surface area contributed by atoms with Gasteiger partial charge in [-0.1, -0.05) is 53.7 Å². The van der Waals surface area contributed by atoms with Crippen LogP contribution in [-0.4, -0.2) is 18.4 Å². The van der Waals surface area contributed by atoms with Gasteiger partial charge in [-0.2, -0.15) is 0 Å². The predicted molar refractivity (Wildman–Crippen MR) is 99.9 cm³/mol. The molecule has 1 heterocycles. The molecule has 25 heavy (non-hydrogen) atoms. The molecule has 5 nitrogen and oxygen atoms in total. The Labute approximate surface area is 151 Å². The minimum Gasteiger partial charge on any atom is -0.244 e. The summed E-state index contributed by atoms with van der Waals surface area (Å²) in [4.78, 5) is 8.60. The first-order valence-corrected chi connectivity index (χ1v) is 9.79. The van der Waals surface area contributed by atoms with Crippen LogP contribution in [0.4, 0.5) is 0 Å². The van der Waals surface area contributed by atoms with Gasteiger partial charge >= 0.3 is 0 Å². The zero-order chi connectivity index (χ0) is 18.9. The fourth-order valence-electron chi connectivity index (χ4n) is 2.55. The molecule has 1 N–H and O–H groups in total. The van der Waals surface area contributed by atoms with E-state index < -0.39 is 10.0 Å². The third-order valence-electron chi connectivity index (χ3n) is 3.98. The Morgan fingerprint density at radius 2 is 1.56 bits per heavy atom. The van der Waals surface area contributed by atoms with Crippen LogP contribution in [0.15, 0.2) is 41.7 Å². The lowest BCUT2D eigenvalue weighted by Gasteiger charge is -2.21. The van der Waals surface area contributed by atoms with Crippen LogP contribution < -0.4 is 4.72 Å². The summed E-state index contributed by atoms with van der Waals surface area (Å²) in [5, 5.41) is 0. The molecule has 0 saturated heterocycles. The summed E-state index contributed by atoms with van der Waals surface area (Å²) in [5.41, 5.74) is 2.52. The molecule has 6 heteroatoms. The Hall–Kier alpha value is -1.79. The second kappa shape index (κ2) is 6.84. The monoisotopic (exact) mass is 361 g/mol. The molecule has 0 aliphatic heterocycles. The van der Waals surface area contributed by atoms with Gasteiger partial charge in [0.25, 0.3) is 0 Å². The number of sulfonamides is 1. The zero-order valence-electron chi connectivity index (χ0n) is 15.8. The summed E-state index contributed by atoms with van der Waals surface area (Å²) in [6.45, 7) is 12.6. The zero-order valence-corrected chi connectivity index (χ0v) is 16.6. The van der Waals surface area contributed by atoms with Gasteiger partial charge in [0.05, 0.1) is 10.6 Å². The summed E-state index contributed by atoms with van der Waals surface area (Å²) in [6, 6.07) is 7.02. The Balaban J connectivity index is 2.21. The van der Waals surface area contributed by atoms with E-state index in [4.69, 9.17) is 0 Å². The highest BCUT2D eigenvalue weighted by Crippen LogP contribution is 2.25. The first kappa shape index (κ1) is 19.5. The fourth-order valence-corrected chi connectivity index (χ4v) is 3.56. The maximum Gasteiger partial charge on any atom is 0.240 e. The molecule has 0 amide bonds. The van der Waals surface area contributed by atoms with Gasteiger partial charge in [0.2, 0.25) is 10.0 Å². The molecule has 0 radical (unpaired) electrons. The molecule has 2 rings (SSSR count). The van der Waals surface area contributed by atoms with Crippen LogP contribution in [-0.2, 0) is 27.4 Å². The van der Waals surface area contributed by atoms with Crippen molar-refractivity contribution in [1.29, 1.82) is 0 Å². The minimum atomic E-state index is -3.59.